The molecule has 0 aliphatic carbocycles. The van der Waals surface area contributed by atoms with Crippen LogP contribution in [0.4, 0.5) is 28.9 Å². The van der Waals surface area contributed by atoms with Gasteiger partial charge in [-0.3, -0.25) is 4.79 Å². The van der Waals surface area contributed by atoms with E-state index in [1.54, 1.807) is 29.1 Å². The number of nitrogens with zero attached hydrogens (tertiary/aromatic N) is 3. The number of hydrogen-bond acceptors (Lipinski definition) is 4. The van der Waals surface area contributed by atoms with Gasteiger partial charge in [-0.2, -0.15) is 0 Å². The van der Waals surface area contributed by atoms with Crippen LogP contribution in [-0.2, 0) is 0 Å². The summed E-state index contributed by atoms with van der Waals surface area (Å²) < 4.78 is 63.2. The first-order valence-corrected chi connectivity index (χ1v) is 10.6. The third kappa shape index (κ3) is 4.91. The molecule has 0 saturated heterocycles. The number of anilines is 2. The van der Waals surface area contributed by atoms with Crippen LogP contribution in [0.15, 0.2) is 66.0 Å². The van der Waals surface area contributed by atoms with E-state index in [0.717, 1.165) is 28.6 Å². The van der Waals surface area contributed by atoms with E-state index in [2.05, 4.69) is 10.3 Å². The van der Waals surface area contributed by atoms with Crippen molar-refractivity contribution < 1.29 is 22.3 Å². The van der Waals surface area contributed by atoms with E-state index in [1.165, 1.54) is 20.1 Å². The number of aryl methyl sites for hydroxylation is 1. The van der Waals surface area contributed by atoms with Crippen molar-refractivity contribution in [1.29, 1.82) is 0 Å². The minimum Gasteiger partial charge on any atom is -0.494 e. The van der Waals surface area contributed by atoms with Gasteiger partial charge in [0.2, 0.25) is 0 Å². The zero-order valence-electron chi connectivity index (χ0n) is 19.1. The molecular formula is C25H22F4N4O2. The molecule has 2 aromatic carbocycles. The summed E-state index contributed by atoms with van der Waals surface area (Å²) in [6.45, 7) is 3.32. The van der Waals surface area contributed by atoms with Gasteiger partial charge in [0.1, 0.15) is 23.1 Å². The zero-order valence-corrected chi connectivity index (χ0v) is 19.1. The largest absolute Gasteiger partial charge is 0.494 e. The maximum Gasteiger partial charge on any atom is 0.274 e. The van der Waals surface area contributed by atoms with Crippen molar-refractivity contribution in [2.75, 3.05) is 12.4 Å². The Labute approximate surface area is 198 Å². The normalized spacial score (nSPS) is 12.1. The first-order chi connectivity index (χ1) is 16.7. The number of rotatable bonds is 7. The third-order valence-electron chi connectivity index (χ3n) is 5.59. The van der Waals surface area contributed by atoms with Crippen molar-refractivity contribution in [3.8, 4) is 11.4 Å². The van der Waals surface area contributed by atoms with Crippen LogP contribution in [0.2, 0.25) is 0 Å². The van der Waals surface area contributed by atoms with Crippen molar-refractivity contribution >= 4 is 11.4 Å². The van der Waals surface area contributed by atoms with Crippen LogP contribution in [0.3, 0.4) is 0 Å². The fourth-order valence-corrected chi connectivity index (χ4v) is 3.79. The second-order valence-electron chi connectivity index (χ2n) is 7.98. The minimum absolute atomic E-state index is 0.00693. The lowest BCUT2D eigenvalue weighted by Crippen LogP contribution is -2.27. The molecule has 182 valence electrons. The zero-order chi connectivity index (χ0) is 25.3. The molecule has 35 heavy (non-hydrogen) atoms. The first-order valence-electron chi connectivity index (χ1n) is 10.6. The lowest BCUT2D eigenvalue weighted by Gasteiger charge is -2.20. The summed E-state index contributed by atoms with van der Waals surface area (Å²) in [7, 11) is 1.48. The molecule has 1 N–H and O–H groups in total. The van der Waals surface area contributed by atoms with Gasteiger partial charge in [0.05, 0.1) is 30.9 Å². The number of methoxy groups -OCH3 is 1. The van der Waals surface area contributed by atoms with E-state index in [1.807, 2.05) is 13.1 Å². The number of imidazole rings is 1. The smallest absolute Gasteiger partial charge is 0.274 e. The van der Waals surface area contributed by atoms with Crippen molar-refractivity contribution in [1.82, 2.24) is 14.1 Å². The number of halogens is 4. The predicted molar refractivity (Wildman–Crippen MR) is 124 cm³/mol. The highest BCUT2D eigenvalue weighted by Gasteiger charge is 2.20. The van der Waals surface area contributed by atoms with Gasteiger partial charge in [-0.15, -0.1) is 0 Å². The molecule has 10 heteroatoms. The molecule has 4 rings (SSSR count). The highest BCUT2D eigenvalue weighted by molar-refractivity contribution is 5.65. The number of benzene rings is 2. The minimum atomic E-state index is -2.88. The van der Waals surface area contributed by atoms with Crippen LogP contribution in [0.5, 0.6) is 5.75 Å². The number of hydrogen-bond donors (Lipinski definition) is 1. The van der Waals surface area contributed by atoms with Crippen LogP contribution < -0.4 is 15.6 Å². The van der Waals surface area contributed by atoms with Crippen molar-refractivity contribution in [3.05, 3.63) is 100.0 Å². The molecule has 0 saturated carbocycles. The van der Waals surface area contributed by atoms with Crippen LogP contribution in [0.25, 0.3) is 5.69 Å². The molecule has 1 atom stereocenters. The van der Waals surface area contributed by atoms with Crippen LogP contribution in [0, 0.1) is 18.6 Å². The molecule has 0 amide bonds. The van der Waals surface area contributed by atoms with Gasteiger partial charge in [0.25, 0.3) is 12.0 Å². The van der Waals surface area contributed by atoms with Gasteiger partial charge in [-0.25, -0.2) is 22.5 Å². The molecular weight excluding hydrogens is 464 g/mol. The molecule has 0 unspecified atom stereocenters. The van der Waals surface area contributed by atoms with Gasteiger partial charge in [0, 0.05) is 41.3 Å². The Hall–Kier alpha value is -4.08. The summed E-state index contributed by atoms with van der Waals surface area (Å²) in [5.74, 6) is -1.20. The number of aromatic nitrogens is 3. The Bertz CT molecular complexity index is 1430. The highest BCUT2D eigenvalue weighted by atomic mass is 19.3. The first kappa shape index (κ1) is 24.1. The number of ether oxygens (including phenoxy) is 1. The Balaban J connectivity index is 1.75. The highest BCUT2D eigenvalue weighted by Crippen LogP contribution is 2.30. The van der Waals surface area contributed by atoms with Gasteiger partial charge >= 0.3 is 0 Å². The van der Waals surface area contributed by atoms with Crippen molar-refractivity contribution in [2.24, 2.45) is 0 Å². The summed E-state index contributed by atoms with van der Waals surface area (Å²) in [5, 5.41) is 2.87. The van der Waals surface area contributed by atoms with Crippen LogP contribution in [-0.4, -0.2) is 21.2 Å². The second kappa shape index (κ2) is 9.65. The lowest BCUT2D eigenvalue weighted by atomic mass is 10.1. The summed E-state index contributed by atoms with van der Waals surface area (Å²) >= 11 is 0. The predicted octanol–water partition coefficient (Wildman–Crippen LogP) is 5.92. The van der Waals surface area contributed by atoms with Crippen molar-refractivity contribution in [3.63, 3.8) is 0 Å². The van der Waals surface area contributed by atoms with E-state index < -0.39 is 35.2 Å². The van der Waals surface area contributed by atoms with Gasteiger partial charge in [-0.1, -0.05) is 6.07 Å². The van der Waals surface area contributed by atoms with E-state index in [0.29, 0.717) is 23.2 Å². The maximum absolute atomic E-state index is 14.3. The third-order valence-corrected chi connectivity index (χ3v) is 5.59. The fraction of sp³-hybridized carbons (Fsp3) is 0.200. The SMILES string of the molecule is COc1cc(Nc2cc(C(F)F)cn([C@@H](C)c3ccc(F)cc3F)c2=O)ccc1-n1cnc(C)c1. The van der Waals surface area contributed by atoms with E-state index in [-0.39, 0.29) is 11.3 Å². The Morgan fingerprint density at radius 1 is 1.06 bits per heavy atom. The molecule has 0 aliphatic rings. The molecule has 2 aromatic heterocycles. The quantitative estimate of drug-likeness (QED) is 0.330. The number of pyridine rings is 1. The van der Waals surface area contributed by atoms with Gasteiger partial charge in [-0.05, 0) is 38.1 Å². The van der Waals surface area contributed by atoms with Crippen LogP contribution >= 0.6 is 0 Å². The average molecular weight is 486 g/mol. The molecule has 0 spiro atoms. The topological polar surface area (TPSA) is 61.1 Å². The number of nitrogens with one attached hydrogen (secondary N) is 1. The molecule has 0 radical (unpaired) electrons. The average Bonchev–Trinajstić information content (AvgIpc) is 3.25. The van der Waals surface area contributed by atoms with Crippen molar-refractivity contribution in [2.45, 2.75) is 26.3 Å². The molecule has 0 bridgehead atoms. The fourth-order valence-electron chi connectivity index (χ4n) is 3.79. The monoisotopic (exact) mass is 486 g/mol. The standard InChI is InChI=1S/C25H22F4N4O2/c1-14-11-32(13-30-14)22-7-5-18(10-23(22)35-3)31-21-8-16(24(28)29)12-33(25(21)34)15(2)19-6-4-17(26)9-20(19)27/h4-13,15,24,31H,1-3H3/t15-/m0/s1. The second-order valence-corrected chi connectivity index (χ2v) is 7.98. The van der Waals surface area contributed by atoms with Crippen LogP contribution in [0.1, 0.15) is 36.2 Å². The van der Waals surface area contributed by atoms with E-state index >= 15 is 0 Å². The molecule has 0 aliphatic heterocycles. The summed E-state index contributed by atoms with van der Waals surface area (Å²) in [4.78, 5) is 17.4. The maximum atomic E-state index is 14.3. The van der Waals surface area contributed by atoms with Gasteiger partial charge < -0.3 is 19.2 Å². The molecule has 6 nitrogen and oxygen atoms in total. The molecule has 2 heterocycles. The molecule has 0 fully saturated rings. The lowest BCUT2D eigenvalue weighted by molar-refractivity contribution is 0.150. The Morgan fingerprint density at radius 3 is 2.46 bits per heavy atom. The van der Waals surface area contributed by atoms with E-state index in [4.69, 9.17) is 4.74 Å². The Morgan fingerprint density at radius 2 is 1.83 bits per heavy atom. The number of alkyl halides is 2. The Kier molecular flexibility index (Phi) is 6.63. The van der Waals surface area contributed by atoms with E-state index in [9.17, 15) is 22.4 Å². The summed E-state index contributed by atoms with van der Waals surface area (Å²) in [6, 6.07) is 8.01. The summed E-state index contributed by atoms with van der Waals surface area (Å²) in [5.41, 5.74) is 0.692. The van der Waals surface area contributed by atoms with Gasteiger partial charge in [0.15, 0.2) is 0 Å². The summed E-state index contributed by atoms with van der Waals surface area (Å²) in [6.07, 6.45) is 1.54. The molecule has 4 aromatic rings.